The first kappa shape index (κ1) is 12.1. The predicted octanol–water partition coefficient (Wildman–Crippen LogP) is 3.68. The Labute approximate surface area is 114 Å². The van der Waals surface area contributed by atoms with Crippen LogP contribution in [0.4, 0.5) is 0 Å². The molecule has 0 bridgehead atoms. The molecule has 0 fully saturated rings. The van der Waals surface area contributed by atoms with Crippen molar-refractivity contribution in [3.8, 4) is 0 Å². The van der Waals surface area contributed by atoms with Gasteiger partial charge in [-0.1, -0.05) is 0 Å². The van der Waals surface area contributed by atoms with E-state index in [0.717, 1.165) is 10.9 Å². The van der Waals surface area contributed by atoms with Crippen LogP contribution in [0.5, 0.6) is 0 Å². The number of halogens is 2. The summed E-state index contributed by atoms with van der Waals surface area (Å²) in [6, 6.07) is 3.85. The van der Waals surface area contributed by atoms with Gasteiger partial charge in [-0.2, -0.15) is 11.3 Å². The van der Waals surface area contributed by atoms with Crippen molar-refractivity contribution >= 4 is 43.2 Å². The Bertz CT molecular complexity index is 533. The number of hydrogen-bond donors (Lipinski definition) is 0. The number of thiophene rings is 1. The Morgan fingerprint density at radius 3 is 2.88 bits per heavy atom. The molecule has 0 amide bonds. The first-order valence-electron chi connectivity index (χ1n) is 4.73. The van der Waals surface area contributed by atoms with E-state index in [-0.39, 0.29) is 5.56 Å². The summed E-state index contributed by atoms with van der Waals surface area (Å²) in [5.74, 6) is 0. The second-order valence-electron chi connectivity index (χ2n) is 3.39. The first-order valence-corrected chi connectivity index (χ1v) is 7.26. The quantitative estimate of drug-likeness (QED) is 0.816. The molecule has 0 N–H and O–H groups in total. The molecule has 2 heterocycles. The van der Waals surface area contributed by atoms with Crippen LogP contribution < -0.4 is 5.56 Å². The Morgan fingerprint density at radius 2 is 2.19 bits per heavy atom. The van der Waals surface area contributed by atoms with Crippen LogP contribution in [-0.2, 0) is 13.0 Å². The zero-order chi connectivity index (χ0) is 11.5. The minimum Gasteiger partial charge on any atom is -0.313 e. The van der Waals surface area contributed by atoms with E-state index >= 15 is 0 Å². The van der Waals surface area contributed by atoms with Gasteiger partial charge in [-0.05, 0) is 66.7 Å². The fourth-order valence-electron chi connectivity index (χ4n) is 1.42. The third kappa shape index (κ3) is 2.84. The summed E-state index contributed by atoms with van der Waals surface area (Å²) < 4.78 is 3.21. The van der Waals surface area contributed by atoms with Crippen LogP contribution in [0, 0.1) is 0 Å². The minimum absolute atomic E-state index is 0.0124. The molecule has 0 saturated heterocycles. The predicted molar refractivity (Wildman–Crippen MR) is 74.1 cm³/mol. The lowest BCUT2D eigenvalue weighted by Gasteiger charge is -2.06. The average Bonchev–Trinajstić information content (AvgIpc) is 2.74. The topological polar surface area (TPSA) is 22.0 Å². The average molecular weight is 363 g/mol. The molecule has 2 aromatic rings. The highest BCUT2D eigenvalue weighted by Crippen LogP contribution is 2.13. The van der Waals surface area contributed by atoms with Crippen molar-refractivity contribution in [1.29, 1.82) is 0 Å². The Hall–Kier alpha value is -0.390. The van der Waals surface area contributed by atoms with Gasteiger partial charge < -0.3 is 4.57 Å². The number of hydrogen-bond acceptors (Lipinski definition) is 2. The second-order valence-corrected chi connectivity index (χ2v) is 5.94. The number of aromatic nitrogens is 1. The molecular weight excluding hydrogens is 354 g/mol. The van der Waals surface area contributed by atoms with Crippen LogP contribution >= 0.6 is 43.2 Å². The Morgan fingerprint density at radius 1 is 1.38 bits per heavy atom. The van der Waals surface area contributed by atoms with Crippen LogP contribution in [0.3, 0.4) is 0 Å². The summed E-state index contributed by atoms with van der Waals surface area (Å²) in [4.78, 5) is 11.8. The van der Waals surface area contributed by atoms with Gasteiger partial charge in [-0.25, -0.2) is 0 Å². The van der Waals surface area contributed by atoms with E-state index < -0.39 is 0 Å². The second kappa shape index (κ2) is 5.29. The largest absolute Gasteiger partial charge is 0.313 e. The fourth-order valence-corrected chi connectivity index (χ4v) is 3.38. The lowest BCUT2D eigenvalue weighted by atomic mass is 10.2. The molecule has 0 radical (unpaired) electrons. The molecule has 5 heteroatoms. The van der Waals surface area contributed by atoms with E-state index in [0.29, 0.717) is 11.0 Å². The SMILES string of the molecule is O=c1c(Br)cc(Br)cn1CCc1ccsc1. The molecule has 0 aliphatic heterocycles. The summed E-state index contributed by atoms with van der Waals surface area (Å²) in [5, 5.41) is 4.16. The molecule has 0 unspecified atom stereocenters. The fraction of sp³-hybridized carbons (Fsp3) is 0.182. The monoisotopic (exact) mass is 361 g/mol. The van der Waals surface area contributed by atoms with Crippen molar-refractivity contribution in [2.45, 2.75) is 13.0 Å². The number of pyridine rings is 1. The van der Waals surface area contributed by atoms with Gasteiger partial charge in [0, 0.05) is 17.2 Å². The van der Waals surface area contributed by atoms with Crippen LogP contribution in [0.2, 0.25) is 0 Å². The Kier molecular flexibility index (Phi) is 4.00. The van der Waals surface area contributed by atoms with Gasteiger partial charge >= 0.3 is 0 Å². The molecule has 2 nitrogen and oxygen atoms in total. The molecule has 0 aromatic carbocycles. The highest BCUT2D eigenvalue weighted by atomic mass is 79.9. The van der Waals surface area contributed by atoms with Gasteiger partial charge in [0.15, 0.2) is 0 Å². The molecule has 0 atom stereocenters. The number of aryl methyl sites for hydroxylation is 2. The summed E-state index contributed by atoms with van der Waals surface area (Å²) in [5.41, 5.74) is 1.28. The van der Waals surface area contributed by atoms with Crippen molar-refractivity contribution in [2.24, 2.45) is 0 Å². The molecule has 0 spiro atoms. The van der Waals surface area contributed by atoms with Gasteiger partial charge in [-0.3, -0.25) is 4.79 Å². The van der Waals surface area contributed by atoms with Gasteiger partial charge in [-0.15, -0.1) is 0 Å². The third-order valence-corrected chi connectivity index (χ3v) is 3.96. The van der Waals surface area contributed by atoms with Crippen molar-refractivity contribution in [1.82, 2.24) is 4.57 Å². The van der Waals surface area contributed by atoms with E-state index in [1.807, 2.05) is 6.20 Å². The van der Waals surface area contributed by atoms with Gasteiger partial charge in [0.2, 0.25) is 0 Å². The molecule has 0 aliphatic carbocycles. The normalized spacial score (nSPS) is 10.6. The zero-order valence-electron chi connectivity index (χ0n) is 8.32. The maximum Gasteiger partial charge on any atom is 0.264 e. The molecule has 2 rings (SSSR count). The van der Waals surface area contributed by atoms with Crippen molar-refractivity contribution < 1.29 is 0 Å². The van der Waals surface area contributed by atoms with Crippen LogP contribution in [0.25, 0.3) is 0 Å². The smallest absolute Gasteiger partial charge is 0.264 e. The highest BCUT2D eigenvalue weighted by Gasteiger charge is 2.03. The molecular formula is C11H9Br2NOS. The lowest BCUT2D eigenvalue weighted by Crippen LogP contribution is -2.21. The summed E-state index contributed by atoms with van der Waals surface area (Å²) >= 11 is 8.31. The highest BCUT2D eigenvalue weighted by molar-refractivity contribution is 9.11. The van der Waals surface area contributed by atoms with Crippen molar-refractivity contribution in [3.63, 3.8) is 0 Å². The van der Waals surface area contributed by atoms with Crippen LogP contribution in [0.1, 0.15) is 5.56 Å². The molecule has 0 saturated carbocycles. The number of rotatable bonds is 3. The molecule has 0 aliphatic rings. The Balaban J connectivity index is 2.18. The van der Waals surface area contributed by atoms with Crippen LogP contribution in [-0.4, -0.2) is 4.57 Å². The van der Waals surface area contributed by atoms with E-state index in [2.05, 4.69) is 48.7 Å². The van der Waals surface area contributed by atoms with Gasteiger partial charge in [0.1, 0.15) is 0 Å². The standard InChI is InChI=1S/C11H9Br2NOS/c12-9-5-10(13)11(15)14(6-9)3-1-8-2-4-16-7-8/h2,4-7H,1,3H2. The van der Waals surface area contributed by atoms with E-state index in [9.17, 15) is 4.79 Å². The van der Waals surface area contributed by atoms with E-state index in [4.69, 9.17) is 0 Å². The molecule has 2 aromatic heterocycles. The van der Waals surface area contributed by atoms with Gasteiger partial charge in [0.25, 0.3) is 5.56 Å². The lowest BCUT2D eigenvalue weighted by molar-refractivity contribution is 0.665. The van der Waals surface area contributed by atoms with Crippen LogP contribution in [0.15, 0.2) is 42.8 Å². The van der Waals surface area contributed by atoms with Crippen molar-refractivity contribution in [2.75, 3.05) is 0 Å². The van der Waals surface area contributed by atoms with E-state index in [1.54, 1.807) is 22.0 Å². The maximum atomic E-state index is 11.8. The first-order chi connectivity index (χ1) is 7.66. The zero-order valence-corrected chi connectivity index (χ0v) is 12.3. The van der Waals surface area contributed by atoms with Gasteiger partial charge in [0.05, 0.1) is 4.47 Å². The van der Waals surface area contributed by atoms with E-state index in [1.165, 1.54) is 5.56 Å². The summed E-state index contributed by atoms with van der Waals surface area (Å²) in [6.07, 6.45) is 2.70. The maximum absolute atomic E-state index is 11.8. The van der Waals surface area contributed by atoms with Crippen molar-refractivity contribution in [3.05, 3.63) is 54.0 Å². The minimum atomic E-state index is 0.0124. The number of nitrogens with zero attached hydrogens (tertiary/aromatic N) is 1. The molecule has 16 heavy (non-hydrogen) atoms. The summed E-state index contributed by atoms with van der Waals surface area (Å²) in [7, 11) is 0. The summed E-state index contributed by atoms with van der Waals surface area (Å²) in [6.45, 7) is 0.702. The third-order valence-electron chi connectivity index (χ3n) is 2.23. The molecule has 84 valence electrons.